The molecule has 1 unspecified atom stereocenters. The van der Waals surface area contributed by atoms with Gasteiger partial charge in [-0.3, -0.25) is 4.79 Å². The quantitative estimate of drug-likeness (QED) is 0.522. The van der Waals surface area contributed by atoms with E-state index < -0.39 is 5.82 Å². The molecule has 166 valence electrons. The molecule has 0 aliphatic carbocycles. The van der Waals surface area contributed by atoms with Crippen LogP contribution >= 0.6 is 0 Å². The number of rotatable bonds is 5. The van der Waals surface area contributed by atoms with Gasteiger partial charge in [0.05, 0.1) is 6.04 Å². The fourth-order valence-corrected chi connectivity index (χ4v) is 3.91. The first-order valence-corrected chi connectivity index (χ1v) is 10.8. The van der Waals surface area contributed by atoms with Crippen LogP contribution in [0.1, 0.15) is 42.3 Å². The van der Waals surface area contributed by atoms with Gasteiger partial charge in [-0.1, -0.05) is 30.3 Å². The number of benzene rings is 3. The number of carbonyl (C=O) groups excluding carboxylic acids is 1. The number of ether oxygens (including phenoxy) is 2. The van der Waals surface area contributed by atoms with Crippen LogP contribution in [0.15, 0.2) is 72.8 Å². The number of hydrogen-bond donors (Lipinski definition) is 0. The molecular weight excluding hydrogens is 405 g/mol. The van der Waals surface area contributed by atoms with Crippen molar-refractivity contribution in [1.82, 2.24) is 4.90 Å². The number of hydrogen-bond acceptors (Lipinski definition) is 3. The van der Waals surface area contributed by atoms with E-state index in [4.69, 9.17) is 9.47 Å². The molecule has 0 N–H and O–H groups in total. The second kappa shape index (κ2) is 9.03. The van der Waals surface area contributed by atoms with Crippen molar-refractivity contribution in [2.75, 3.05) is 6.61 Å². The molecule has 1 amide bonds. The Balaban J connectivity index is 1.51. The standard InChI is InChI=1S/C27H28FNO3/c1-27(2,3)32-25-13-11-24(12-14-25)31-18-23-16-19-7-4-5-8-21(19)17-29(23)26(30)20-9-6-10-22(28)15-20/h4-15,23H,16-18H2,1-3H3. The van der Waals surface area contributed by atoms with Crippen LogP contribution in [-0.4, -0.2) is 29.1 Å². The molecule has 0 saturated heterocycles. The smallest absolute Gasteiger partial charge is 0.254 e. The van der Waals surface area contributed by atoms with Crippen LogP contribution in [0.4, 0.5) is 4.39 Å². The Labute approximate surface area is 188 Å². The third-order valence-corrected chi connectivity index (χ3v) is 5.38. The van der Waals surface area contributed by atoms with Gasteiger partial charge in [0, 0.05) is 12.1 Å². The van der Waals surface area contributed by atoms with E-state index in [1.54, 1.807) is 17.0 Å². The van der Waals surface area contributed by atoms with Gasteiger partial charge in [0.2, 0.25) is 0 Å². The number of carbonyl (C=O) groups is 1. The van der Waals surface area contributed by atoms with Gasteiger partial charge in [-0.25, -0.2) is 4.39 Å². The molecule has 3 aromatic rings. The fraction of sp³-hybridized carbons (Fsp3) is 0.296. The first-order chi connectivity index (χ1) is 15.3. The molecule has 1 heterocycles. The molecule has 0 aromatic heterocycles. The zero-order chi connectivity index (χ0) is 22.7. The van der Waals surface area contributed by atoms with E-state index in [1.165, 1.54) is 17.7 Å². The minimum atomic E-state index is -0.418. The van der Waals surface area contributed by atoms with E-state index in [0.29, 0.717) is 30.9 Å². The Hall–Kier alpha value is -3.34. The van der Waals surface area contributed by atoms with Gasteiger partial charge in [-0.15, -0.1) is 0 Å². The Kier molecular flexibility index (Phi) is 6.17. The molecule has 4 rings (SSSR count). The molecule has 0 bridgehead atoms. The number of amides is 1. The third-order valence-electron chi connectivity index (χ3n) is 5.38. The topological polar surface area (TPSA) is 38.8 Å². The highest BCUT2D eigenvalue weighted by Gasteiger charge is 2.31. The lowest BCUT2D eigenvalue weighted by Crippen LogP contribution is -2.47. The second-order valence-corrected chi connectivity index (χ2v) is 9.07. The van der Waals surface area contributed by atoms with Crippen molar-refractivity contribution in [3.63, 3.8) is 0 Å². The van der Waals surface area contributed by atoms with Gasteiger partial charge in [-0.2, -0.15) is 0 Å². The van der Waals surface area contributed by atoms with Crippen LogP contribution in [-0.2, 0) is 13.0 Å². The molecule has 0 spiro atoms. The Morgan fingerprint density at radius 2 is 1.66 bits per heavy atom. The largest absolute Gasteiger partial charge is 0.491 e. The summed E-state index contributed by atoms with van der Waals surface area (Å²) in [6.07, 6.45) is 0.683. The normalized spacial score (nSPS) is 15.8. The van der Waals surface area contributed by atoms with Crippen LogP contribution in [0, 0.1) is 5.82 Å². The number of nitrogens with zero attached hydrogens (tertiary/aromatic N) is 1. The first kappa shape index (κ1) is 21.9. The van der Waals surface area contributed by atoms with Crippen molar-refractivity contribution in [3.05, 3.63) is 95.3 Å². The Morgan fingerprint density at radius 1 is 0.969 bits per heavy atom. The van der Waals surface area contributed by atoms with Gasteiger partial charge in [0.1, 0.15) is 29.5 Å². The van der Waals surface area contributed by atoms with Crippen molar-refractivity contribution in [2.45, 2.75) is 45.4 Å². The molecule has 0 radical (unpaired) electrons. The summed E-state index contributed by atoms with van der Waals surface area (Å²) in [5, 5.41) is 0. The van der Waals surface area contributed by atoms with Gasteiger partial charge in [0.25, 0.3) is 5.91 Å². The molecule has 4 nitrogen and oxygen atoms in total. The maximum absolute atomic E-state index is 13.7. The molecule has 0 fully saturated rings. The molecule has 1 aliphatic heterocycles. The Morgan fingerprint density at radius 3 is 2.34 bits per heavy atom. The fourth-order valence-electron chi connectivity index (χ4n) is 3.91. The molecular formula is C27H28FNO3. The number of fused-ring (bicyclic) bond motifs is 1. The summed E-state index contributed by atoms with van der Waals surface area (Å²) in [7, 11) is 0. The monoisotopic (exact) mass is 433 g/mol. The summed E-state index contributed by atoms with van der Waals surface area (Å²) < 4.78 is 25.7. The van der Waals surface area contributed by atoms with Crippen LogP contribution in [0.2, 0.25) is 0 Å². The van der Waals surface area contributed by atoms with Gasteiger partial charge < -0.3 is 14.4 Å². The predicted octanol–water partition coefficient (Wildman–Crippen LogP) is 5.65. The lowest BCUT2D eigenvalue weighted by atomic mass is 9.93. The van der Waals surface area contributed by atoms with Gasteiger partial charge in [-0.05, 0) is 80.8 Å². The van der Waals surface area contributed by atoms with Crippen LogP contribution in [0.25, 0.3) is 0 Å². The maximum atomic E-state index is 13.7. The molecule has 0 saturated carbocycles. The summed E-state index contributed by atoms with van der Waals surface area (Å²) >= 11 is 0. The van der Waals surface area contributed by atoms with Crippen molar-refractivity contribution in [2.24, 2.45) is 0 Å². The summed E-state index contributed by atoms with van der Waals surface area (Å²) in [6, 6.07) is 21.3. The highest BCUT2D eigenvalue weighted by Crippen LogP contribution is 2.27. The zero-order valence-electron chi connectivity index (χ0n) is 18.7. The average Bonchev–Trinajstić information content (AvgIpc) is 2.76. The van der Waals surface area contributed by atoms with Crippen molar-refractivity contribution in [1.29, 1.82) is 0 Å². The minimum Gasteiger partial charge on any atom is -0.491 e. The van der Waals surface area contributed by atoms with Crippen LogP contribution in [0.3, 0.4) is 0 Å². The van der Waals surface area contributed by atoms with Crippen LogP contribution in [0.5, 0.6) is 11.5 Å². The lowest BCUT2D eigenvalue weighted by molar-refractivity contribution is 0.0566. The molecule has 1 atom stereocenters. The van der Waals surface area contributed by atoms with E-state index in [-0.39, 0.29) is 17.6 Å². The summed E-state index contributed by atoms with van der Waals surface area (Å²) in [5.41, 5.74) is 2.39. The zero-order valence-corrected chi connectivity index (χ0v) is 18.7. The maximum Gasteiger partial charge on any atom is 0.254 e. The van der Waals surface area contributed by atoms with Crippen molar-refractivity contribution >= 4 is 5.91 Å². The van der Waals surface area contributed by atoms with E-state index in [9.17, 15) is 9.18 Å². The SMILES string of the molecule is CC(C)(C)Oc1ccc(OCC2Cc3ccccc3CN2C(=O)c2cccc(F)c2)cc1. The van der Waals surface area contributed by atoms with Gasteiger partial charge in [0.15, 0.2) is 0 Å². The average molecular weight is 434 g/mol. The molecule has 3 aromatic carbocycles. The summed E-state index contributed by atoms with van der Waals surface area (Å²) in [5.74, 6) is 0.878. The van der Waals surface area contributed by atoms with Crippen molar-refractivity contribution in [3.8, 4) is 11.5 Å². The molecule has 1 aliphatic rings. The molecule has 5 heteroatoms. The number of halogens is 1. The van der Waals surface area contributed by atoms with Crippen molar-refractivity contribution < 1.29 is 18.7 Å². The van der Waals surface area contributed by atoms with E-state index in [0.717, 1.165) is 11.3 Å². The third kappa shape index (κ3) is 5.28. The minimum absolute atomic E-state index is 0.161. The van der Waals surface area contributed by atoms with E-state index in [2.05, 4.69) is 6.07 Å². The lowest BCUT2D eigenvalue weighted by Gasteiger charge is -2.37. The second-order valence-electron chi connectivity index (χ2n) is 9.07. The van der Waals surface area contributed by atoms with E-state index in [1.807, 2.05) is 63.2 Å². The Bertz CT molecular complexity index is 1090. The highest BCUT2D eigenvalue weighted by atomic mass is 19.1. The summed E-state index contributed by atoms with van der Waals surface area (Å²) in [4.78, 5) is 15.0. The highest BCUT2D eigenvalue weighted by molar-refractivity contribution is 5.94. The van der Waals surface area contributed by atoms with Crippen LogP contribution < -0.4 is 9.47 Å². The predicted molar refractivity (Wildman–Crippen MR) is 123 cm³/mol. The van der Waals surface area contributed by atoms with E-state index >= 15 is 0 Å². The molecule has 32 heavy (non-hydrogen) atoms. The van der Waals surface area contributed by atoms with Gasteiger partial charge >= 0.3 is 0 Å². The summed E-state index contributed by atoms with van der Waals surface area (Å²) in [6.45, 7) is 6.82. The first-order valence-electron chi connectivity index (χ1n) is 10.8.